The van der Waals surface area contributed by atoms with Crippen LogP contribution in [-0.2, 0) is 0 Å². The Hall–Kier alpha value is -0.340. The van der Waals surface area contributed by atoms with Crippen LogP contribution in [0.4, 0.5) is 0 Å². The first-order valence-electron chi connectivity index (χ1n) is 6.43. The van der Waals surface area contributed by atoms with Gasteiger partial charge in [-0.25, -0.2) is 0 Å². The van der Waals surface area contributed by atoms with Crippen molar-refractivity contribution >= 4 is 0 Å². The van der Waals surface area contributed by atoms with E-state index >= 15 is 0 Å². The molecule has 0 aromatic rings. The van der Waals surface area contributed by atoms with Crippen LogP contribution in [0.2, 0.25) is 0 Å². The Bertz CT molecular complexity index is 162. The van der Waals surface area contributed by atoms with E-state index in [9.17, 15) is 0 Å². The fourth-order valence-electron chi connectivity index (χ4n) is 2.29. The molecule has 2 heteroatoms. The highest BCUT2D eigenvalue weighted by atomic mass is 15.1. The lowest BCUT2D eigenvalue weighted by molar-refractivity contribution is 0.247. The van der Waals surface area contributed by atoms with Gasteiger partial charge in [-0.15, -0.1) is 6.58 Å². The zero-order valence-electron chi connectivity index (χ0n) is 10.2. The highest BCUT2D eigenvalue weighted by Crippen LogP contribution is 2.08. The monoisotopic (exact) mass is 210 g/mol. The van der Waals surface area contributed by atoms with Crippen molar-refractivity contribution in [3.63, 3.8) is 0 Å². The van der Waals surface area contributed by atoms with Gasteiger partial charge in [0.1, 0.15) is 0 Å². The first kappa shape index (κ1) is 12.7. The standard InChI is InChI=1S/C13H26N2/c1-3-5-6-11-15(10-4-2)12-13-8-7-9-14-13/h3,13-14H,1,4-12H2,2H3. The number of rotatable bonds is 8. The molecule has 1 fully saturated rings. The molecule has 0 bridgehead atoms. The van der Waals surface area contributed by atoms with Crippen LogP contribution in [0.5, 0.6) is 0 Å². The van der Waals surface area contributed by atoms with Crippen molar-refractivity contribution in [1.82, 2.24) is 10.2 Å². The van der Waals surface area contributed by atoms with E-state index in [1.165, 1.54) is 51.9 Å². The third-order valence-electron chi connectivity index (χ3n) is 3.06. The fraction of sp³-hybridized carbons (Fsp3) is 0.846. The summed E-state index contributed by atoms with van der Waals surface area (Å²) in [6.07, 6.45) is 8.42. The zero-order chi connectivity index (χ0) is 10.9. The minimum absolute atomic E-state index is 0.750. The average Bonchev–Trinajstić information content (AvgIpc) is 2.71. The Balaban J connectivity index is 2.18. The first-order valence-corrected chi connectivity index (χ1v) is 6.43. The second-order valence-electron chi connectivity index (χ2n) is 4.52. The molecule has 1 aliphatic heterocycles. The van der Waals surface area contributed by atoms with Gasteiger partial charge in [-0.05, 0) is 51.7 Å². The highest BCUT2D eigenvalue weighted by molar-refractivity contribution is 4.78. The van der Waals surface area contributed by atoms with Crippen LogP contribution in [0.3, 0.4) is 0 Å². The highest BCUT2D eigenvalue weighted by Gasteiger charge is 2.16. The molecule has 0 aliphatic carbocycles. The second-order valence-corrected chi connectivity index (χ2v) is 4.52. The topological polar surface area (TPSA) is 15.3 Å². The summed E-state index contributed by atoms with van der Waals surface area (Å²) < 4.78 is 0. The summed E-state index contributed by atoms with van der Waals surface area (Å²) in [6, 6.07) is 0.750. The van der Waals surface area contributed by atoms with E-state index in [2.05, 4.69) is 23.7 Å². The first-order chi connectivity index (χ1) is 7.36. The van der Waals surface area contributed by atoms with Crippen LogP contribution in [0, 0.1) is 0 Å². The van der Waals surface area contributed by atoms with Crippen LogP contribution in [-0.4, -0.2) is 37.1 Å². The summed E-state index contributed by atoms with van der Waals surface area (Å²) in [7, 11) is 0. The largest absolute Gasteiger partial charge is 0.313 e. The van der Waals surface area contributed by atoms with Crippen molar-refractivity contribution in [2.75, 3.05) is 26.2 Å². The number of nitrogens with one attached hydrogen (secondary N) is 1. The van der Waals surface area contributed by atoms with Crippen molar-refractivity contribution in [1.29, 1.82) is 0 Å². The number of hydrogen-bond acceptors (Lipinski definition) is 2. The molecule has 0 spiro atoms. The molecule has 0 aromatic carbocycles. The summed E-state index contributed by atoms with van der Waals surface area (Å²) in [4.78, 5) is 2.60. The minimum Gasteiger partial charge on any atom is -0.313 e. The molecule has 1 heterocycles. The van der Waals surface area contributed by atoms with Crippen LogP contribution >= 0.6 is 0 Å². The normalized spacial score (nSPS) is 21.1. The molecule has 1 rings (SSSR count). The van der Waals surface area contributed by atoms with Gasteiger partial charge in [0, 0.05) is 12.6 Å². The quantitative estimate of drug-likeness (QED) is 0.489. The van der Waals surface area contributed by atoms with Gasteiger partial charge in [0.05, 0.1) is 0 Å². The third kappa shape index (κ3) is 5.33. The zero-order valence-corrected chi connectivity index (χ0v) is 10.2. The summed E-state index contributed by atoms with van der Waals surface area (Å²) in [6.45, 7) is 11.0. The van der Waals surface area contributed by atoms with E-state index in [1.54, 1.807) is 0 Å². The Morgan fingerprint density at radius 2 is 2.33 bits per heavy atom. The molecule has 0 saturated carbocycles. The van der Waals surface area contributed by atoms with E-state index in [-0.39, 0.29) is 0 Å². The van der Waals surface area contributed by atoms with Gasteiger partial charge in [0.2, 0.25) is 0 Å². The van der Waals surface area contributed by atoms with Crippen molar-refractivity contribution in [3.05, 3.63) is 12.7 Å². The van der Waals surface area contributed by atoms with Gasteiger partial charge >= 0.3 is 0 Å². The number of nitrogens with zero attached hydrogens (tertiary/aromatic N) is 1. The Morgan fingerprint density at radius 3 is 2.93 bits per heavy atom. The Kier molecular flexibility index (Phi) is 6.69. The van der Waals surface area contributed by atoms with Crippen LogP contribution in [0.15, 0.2) is 12.7 Å². The van der Waals surface area contributed by atoms with E-state index in [4.69, 9.17) is 0 Å². The predicted molar refractivity (Wildman–Crippen MR) is 67.2 cm³/mol. The van der Waals surface area contributed by atoms with Crippen LogP contribution in [0.1, 0.15) is 39.0 Å². The van der Waals surface area contributed by atoms with E-state index in [0.717, 1.165) is 12.5 Å². The fourth-order valence-corrected chi connectivity index (χ4v) is 2.29. The van der Waals surface area contributed by atoms with Gasteiger partial charge in [-0.2, -0.15) is 0 Å². The molecule has 1 saturated heterocycles. The maximum atomic E-state index is 3.78. The van der Waals surface area contributed by atoms with Crippen molar-refractivity contribution in [3.8, 4) is 0 Å². The van der Waals surface area contributed by atoms with Gasteiger partial charge in [0.25, 0.3) is 0 Å². The lowest BCUT2D eigenvalue weighted by atomic mass is 10.2. The molecule has 1 unspecified atom stereocenters. The molecule has 0 aromatic heterocycles. The van der Waals surface area contributed by atoms with Crippen LogP contribution < -0.4 is 5.32 Å². The van der Waals surface area contributed by atoms with E-state index in [0.29, 0.717) is 0 Å². The molecule has 0 radical (unpaired) electrons. The minimum atomic E-state index is 0.750. The van der Waals surface area contributed by atoms with E-state index < -0.39 is 0 Å². The predicted octanol–water partition coefficient (Wildman–Crippen LogP) is 2.42. The molecule has 0 amide bonds. The van der Waals surface area contributed by atoms with Crippen molar-refractivity contribution in [2.24, 2.45) is 0 Å². The van der Waals surface area contributed by atoms with Gasteiger partial charge in [0.15, 0.2) is 0 Å². The summed E-state index contributed by atoms with van der Waals surface area (Å²) >= 11 is 0. The summed E-state index contributed by atoms with van der Waals surface area (Å²) in [5, 5.41) is 3.57. The maximum absolute atomic E-state index is 3.78. The second kappa shape index (κ2) is 7.89. The Morgan fingerprint density at radius 1 is 1.47 bits per heavy atom. The van der Waals surface area contributed by atoms with Gasteiger partial charge in [-0.1, -0.05) is 13.0 Å². The SMILES string of the molecule is C=CCCCN(CCC)CC1CCCN1. The third-order valence-corrected chi connectivity index (χ3v) is 3.06. The lowest BCUT2D eigenvalue weighted by Crippen LogP contribution is -2.38. The Labute approximate surface area is 94.7 Å². The lowest BCUT2D eigenvalue weighted by Gasteiger charge is -2.24. The van der Waals surface area contributed by atoms with Gasteiger partial charge < -0.3 is 10.2 Å². The summed E-state index contributed by atoms with van der Waals surface area (Å²) in [5.41, 5.74) is 0. The molecule has 1 aliphatic rings. The average molecular weight is 210 g/mol. The maximum Gasteiger partial charge on any atom is 0.0195 e. The van der Waals surface area contributed by atoms with Crippen molar-refractivity contribution in [2.45, 2.75) is 45.1 Å². The molecule has 1 atom stereocenters. The molecule has 2 nitrogen and oxygen atoms in total. The van der Waals surface area contributed by atoms with Gasteiger partial charge in [-0.3, -0.25) is 0 Å². The molecule has 15 heavy (non-hydrogen) atoms. The molecular weight excluding hydrogens is 184 g/mol. The molecular formula is C13H26N2. The van der Waals surface area contributed by atoms with Crippen LogP contribution in [0.25, 0.3) is 0 Å². The van der Waals surface area contributed by atoms with Crippen molar-refractivity contribution < 1.29 is 0 Å². The molecule has 88 valence electrons. The number of allylic oxidation sites excluding steroid dienone is 1. The number of unbranched alkanes of at least 4 members (excludes halogenated alkanes) is 1. The van der Waals surface area contributed by atoms with E-state index in [1.807, 2.05) is 6.08 Å². The number of hydrogen-bond donors (Lipinski definition) is 1. The molecule has 1 N–H and O–H groups in total. The summed E-state index contributed by atoms with van der Waals surface area (Å²) in [5.74, 6) is 0. The smallest absolute Gasteiger partial charge is 0.0195 e.